The first kappa shape index (κ1) is 9.55. The van der Waals surface area contributed by atoms with E-state index in [-0.39, 0.29) is 5.82 Å². The Labute approximate surface area is 97.8 Å². The predicted molar refractivity (Wildman–Crippen MR) is 63.1 cm³/mol. The number of hydrogen-bond acceptors (Lipinski definition) is 3. The van der Waals surface area contributed by atoms with Gasteiger partial charge in [-0.25, -0.2) is 4.52 Å². The Kier molecular flexibility index (Phi) is 2.09. The summed E-state index contributed by atoms with van der Waals surface area (Å²) in [4.78, 5) is 4.20. The van der Waals surface area contributed by atoms with Crippen LogP contribution in [0.25, 0.3) is 16.8 Å². The number of aromatic nitrogens is 3. The van der Waals surface area contributed by atoms with Gasteiger partial charge in [0.2, 0.25) is 0 Å². The number of nitrogens with zero attached hydrogens (tertiary/aromatic N) is 4. The summed E-state index contributed by atoms with van der Waals surface area (Å²) in [7, 11) is 0. The number of fused-ring (bicyclic) bond motifs is 1. The van der Waals surface area contributed by atoms with Crippen LogP contribution in [0.4, 0.5) is 0 Å². The van der Waals surface area contributed by atoms with E-state index < -0.39 is 0 Å². The lowest BCUT2D eigenvalue weighted by molar-refractivity contribution is 0.950. The highest BCUT2D eigenvalue weighted by Gasteiger charge is 2.08. The Balaban J connectivity index is 2.31. The highest BCUT2D eigenvalue weighted by Crippen LogP contribution is 2.22. The maximum absolute atomic E-state index is 8.81. The second-order valence-corrected chi connectivity index (χ2v) is 3.60. The molecule has 3 aromatic rings. The Morgan fingerprint density at radius 1 is 1.06 bits per heavy atom. The summed E-state index contributed by atoms with van der Waals surface area (Å²) in [6.45, 7) is 0. The van der Waals surface area contributed by atoms with E-state index in [1.165, 1.54) is 0 Å². The van der Waals surface area contributed by atoms with E-state index >= 15 is 0 Å². The lowest BCUT2D eigenvalue weighted by Crippen LogP contribution is -1.89. The van der Waals surface area contributed by atoms with Gasteiger partial charge in [0.25, 0.3) is 5.82 Å². The molecule has 4 heteroatoms. The molecule has 2 aromatic heterocycles. The van der Waals surface area contributed by atoms with Crippen molar-refractivity contribution < 1.29 is 0 Å². The van der Waals surface area contributed by atoms with Gasteiger partial charge in [-0.1, -0.05) is 30.3 Å². The highest BCUT2D eigenvalue weighted by atomic mass is 15.3. The molecule has 0 saturated carbocycles. The minimum atomic E-state index is 0.188. The Hall–Kier alpha value is -2.67. The van der Waals surface area contributed by atoms with Crippen molar-refractivity contribution in [2.75, 3.05) is 0 Å². The monoisotopic (exact) mass is 220 g/mol. The molecule has 0 amide bonds. The van der Waals surface area contributed by atoms with Crippen LogP contribution in [0, 0.1) is 11.3 Å². The third-order valence-corrected chi connectivity index (χ3v) is 2.55. The molecule has 0 aliphatic carbocycles. The first-order valence-electron chi connectivity index (χ1n) is 5.19. The van der Waals surface area contributed by atoms with Gasteiger partial charge in [0, 0.05) is 11.8 Å². The lowest BCUT2D eigenvalue weighted by atomic mass is 10.1. The quantitative estimate of drug-likeness (QED) is 0.632. The topological polar surface area (TPSA) is 54.0 Å². The van der Waals surface area contributed by atoms with Gasteiger partial charge in [0.15, 0.2) is 5.65 Å². The SMILES string of the molecule is N#Cc1nc2c(-c3ccccc3)cccn2n1. The van der Waals surface area contributed by atoms with Crippen molar-refractivity contribution in [2.24, 2.45) is 0 Å². The first-order valence-corrected chi connectivity index (χ1v) is 5.19. The molecule has 3 rings (SSSR count). The van der Waals surface area contributed by atoms with Gasteiger partial charge in [-0.05, 0) is 17.7 Å². The van der Waals surface area contributed by atoms with Crippen LogP contribution in [-0.4, -0.2) is 14.6 Å². The molecule has 0 radical (unpaired) electrons. The second kappa shape index (κ2) is 3.72. The van der Waals surface area contributed by atoms with E-state index in [0.717, 1.165) is 11.1 Å². The number of benzene rings is 1. The van der Waals surface area contributed by atoms with Crippen molar-refractivity contribution in [1.82, 2.24) is 14.6 Å². The maximum Gasteiger partial charge on any atom is 0.253 e. The molecule has 0 spiro atoms. The average molecular weight is 220 g/mol. The van der Waals surface area contributed by atoms with Crippen LogP contribution in [0.5, 0.6) is 0 Å². The van der Waals surface area contributed by atoms with Gasteiger partial charge in [0.1, 0.15) is 6.07 Å². The third-order valence-electron chi connectivity index (χ3n) is 2.55. The predicted octanol–water partition coefficient (Wildman–Crippen LogP) is 2.27. The summed E-state index contributed by atoms with van der Waals surface area (Å²) in [5, 5.41) is 12.9. The zero-order chi connectivity index (χ0) is 11.7. The van der Waals surface area contributed by atoms with Crippen LogP contribution in [0.2, 0.25) is 0 Å². The largest absolute Gasteiger partial charge is 0.253 e. The standard InChI is InChI=1S/C13H8N4/c14-9-12-15-13-11(7-4-8-17(13)16-12)10-5-2-1-3-6-10/h1-8H. The summed E-state index contributed by atoms with van der Waals surface area (Å²) in [5.74, 6) is 0.188. The van der Waals surface area contributed by atoms with Crippen molar-refractivity contribution in [3.8, 4) is 17.2 Å². The van der Waals surface area contributed by atoms with Crippen LogP contribution in [0.15, 0.2) is 48.7 Å². The van der Waals surface area contributed by atoms with E-state index in [4.69, 9.17) is 5.26 Å². The maximum atomic E-state index is 8.81. The van der Waals surface area contributed by atoms with Gasteiger partial charge >= 0.3 is 0 Å². The van der Waals surface area contributed by atoms with Crippen molar-refractivity contribution >= 4 is 5.65 Å². The summed E-state index contributed by atoms with van der Waals surface area (Å²) in [6, 6.07) is 15.8. The fourth-order valence-corrected chi connectivity index (χ4v) is 1.80. The summed E-state index contributed by atoms with van der Waals surface area (Å²) in [5.41, 5.74) is 2.74. The zero-order valence-electron chi connectivity index (χ0n) is 8.91. The van der Waals surface area contributed by atoms with Crippen LogP contribution >= 0.6 is 0 Å². The van der Waals surface area contributed by atoms with Crippen molar-refractivity contribution in [3.05, 3.63) is 54.5 Å². The van der Waals surface area contributed by atoms with E-state index in [2.05, 4.69) is 10.1 Å². The second-order valence-electron chi connectivity index (χ2n) is 3.60. The highest BCUT2D eigenvalue weighted by molar-refractivity contribution is 5.77. The Bertz CT molecular complexity index is 707. The normalized spacial score (nSPS) is 10.3. The molecule has 0 N–H and O–H groups in total. The van der Waals surface area contributed by atoms with Crippen LogP contribution in [0.1, 0.15) is 5.82 Å². The number of nitriles is 1. The molecule has 0 aliphatic rings. The molecule has 17 heavy (non-hydrogen) atoms. The molecule has 2 heterocycles. The van der Waals surface area contributed by atoms with Crippen LogP contribution in [-0.2, 0) is 0 Å². The summed E-state index contributed by atoms with van der Waals surface area (Å²) in [6.07, 6.45) is 1.79. The number of pyridine rings is 1. The van der Waals surface area contributed by atoms with Crippen LogP contribution < -0.4 is 0 Å². The molecule has 0 fully saturated rings. The van der Waals surface area contributed by atoms with E-state index in [0.29, 0.717) is 5.65 Å². The fraction of sp³-hybridized carbons (Fsp3) is 0. The van der Waals surface area contributed by atoms with Crippen LogP contribution in [0.3, 0.4) is 0 Å². The lowest BCUT2D eigenvalue weighted by Gasteiger charge is -2.01. The van der Waals surface area contributed by atoms with Crippen molar-refractivity contribution in [1.29, 1.82) is 5.26 Å². The Morgan fingerprint density at radius 3 is 2.65 bits per heavy atom. The molecule has 0 bridgehead atoms. The van der Waals surface area contributed by atoms with Crippen molar-refractivity contribution in [3.63, 3.8) is 0 Å². The molecule has 80 valence electrons. The summed E-state index contributed by atoms with van der Waals surface area (Å²) >= 11 is 0. The molecule has 0 aliphatic heterocycles. The summed E-state index contributed by atoms with van der Waals surface area (Å²) < 4.78 is 1.63. The zero-order valence-corrected chi connectivity index (χ0v) is 8.91. The molecule has 4 nitrogen and oxygen atoms in total. The first-order chi connectivity index (χ1) is 8.38. The number of hydrogen-bond donors (Lipinski definition) is 0. The molecule has 0 unspecified atom stereocenters. The number of rotatable bonds is 1. The van der Waals surface area contributed by atoms with Gasteiger partial charge in [-0.2, -0.15) is 10.2 Å². The molecular weight excluding hydrogens is 212 g/mol. The van der Waals surface area contributed by atoms with Gasteiger partial charge in [-0.15, -0.1) is 5.10 Å². The minimum absolute atomic E-state index is 0.188. The molecular formula is C13H8N4. The Morgan fingerprint density at radius 2 is 1.88 bits per heavy atom. The van der Waals surface area contributed by atoms with E-state index in [1.807, 2.05) is 48.5 Å². The van der Waals surface area contributed by atoms with Gasteiger partial charge in [0.05, 0.1) is 0 Å². The molecule has 0 atom stereocenters. The van der Waals surface area contributed by atoms with Gasteiger partial charge < -0.3 is 0 Å². The van der Waals surface area contributed by atoms with Crippen molar-refractivity contribution in [2.45, 2.75) is 0 Å². The third kappa shape index (κ3) is 1.54. The van der Waals surface area contributed by atoms with E-state index in [9.17, 15) is 0 Å². The minimum Gasteiger partial charge on any atom is -0.219 e. The molecule has 0 saturated heterocycles. The molecule has 1 aromatic carbocycles. The van der Waals surface area contributed by atoms with Gasteiger partial charge in [-0.3, -0.25) is 0 Å². The smallest absolute Gasteiger partial charge is 0.219 e. The van der Waals surface area contributed by atoms with E-state index in [1.54, 1.807) is 10.7 Å². The average Bonchev–Trinajstić information content (AvgIpc) is 2.82. The fourth-order valence-electron chi connectivity index (χ4n) is 1.80.